The van der Waals surface area contributed by atoms with Gasteiger partial charge in [0.15, 0.2) is 0 Å². The molecule has 2 aromatic carbocycles. The Morgan fingerprint density at radius 1 is 0.913 bits per heavy atom. The van der Waals surface area contributed by atoms with Crippen LogP contribution in [0, 0.1) is 0 Å². The fourth-order valence-corrected chi connectivity index (χ4v) is 2.40. The summed E-state index contributed by atoms with van der Waals surface area (Å²) in [7, 11) is 0. The molecular weight excluding hydrogens is 288 g/mol. The summed E-state index contributed by atoms with van der Waals surface area (Å²) in [6.45, 7) is 1.98. The standard InChI is InChI=1S/C19H22N2O2/c1-15(22)21-18(14-17-10-6-3-7-11-17)19(23)20-13-12-16-8-4-2-5-9-16/h2-11,18H,12-14H2,1H3,(H,20,23)(H,21,22)/t18-/m1/s1. The van der Waals surface area contributed by atoms with Crippen molar-refractivity contribution in [2.24, 2.45) is 0 Å². The fraction of sp³-hybridized carbons (Fsp3) is 0.263. The van der Waals surface area contributed by atoms with Crippen molar-refractivity contribution in [3.8, 4) is 0 Å². The molecule has 0 radical (unpaired) electrons. The lowest BCUT2D eigenvalue weighted by molar-refractivity contribution is -0.128. The Kier molecular flexibility index (Phi) is 6.36. The van der Waals surface area contributed by atoms with Crippen LogP contribution in [0.25, 0.3) is 0 Å². The minimum Gasteiger partial charge on any atom is -0.354 e. The van der Waals surface area contributed by atoms with Gasteiger partial charge < -0.3 is 10.6 Å². The molecule has 2 aromatic rings. The maximum atomic E-state index is 12.3. The summed E-state index contributed by atoms with van der Waals surface area (Å²) >= 11 is 0. The van der Waals surface area contributed by atoms with E-state index in [0.717, 1.165) is 12.0 Å². The first kappa shape index (κ1) is 16.7. The van der Waals surface area contributed by atoms with Gasteiger partial charge in [-0.1, -0.05) is 60.7 Å². The summed E-state index contributed by atoms with van der Waals surface area (Å²) in [6.07, 6.45) is 1.25. The van der Waals surface area contributed by atoms with Crippen LogP contribution in [0.15, 0.2) is 60.7 Å². The zero-order valence-electron chi connectivity index (χ0n) is 13.3. The molecule has 2 N–H and O–H groups in total. The van der Waals surface area contributed by atoms with E-state index in [4.69, 9.17) is 0 Å². The zero-order chi connectivity index (χ0) is 16.5. The third-order valence-corrected chi connectivity index (χ3v) is 3.53. The van der Waals surface area contributed by atoms with Crippen LogP contribution in [0.5, 0.6) is 0 Å². The van der Waals surface area contributed by atoms with Crippen molar-refractivity contribution in [3.05, 3.63) is 71.8 Å². The monoisotopic (exact) mass is 310 g/mol. The highest BCUT2D eigenvalue weighted by Crippen LogP contribution is 2.04. The molecule has 0 aliphatic rings. The van der Waals surface area contributed by atoms with Crippen LogP contribution >= 0.6 is 0 Å². The molecule has 0 saturated carbocycles. The third kappa shape index (κ3) is 5.94. The summed E-state index contributed by atoms with van der Waals surface area (Å²) in [6, 6.07) is 19.1. The number of carbonyl (C=O) groups is 2. The first-order chi connectivity index (χ1) is 11.1. The molecule has 23 heavy (non-hydrogen) atoms. The van der Waals surface area contributed by atoms with Crippen molar-refractivity contribution in [2.45, 2.75) is 25.8 Å². The molecule has 0 heterocycles. The van der Waals surface area contributed by atoms with Crippen LogP contribution in [0.1, 0.15) is 18.1 Å². The Morgan fingerprint density at radius 3 is 2.04 bits per heavy atom. The summed E-state index contributed by atoms with van der Waals surface area (Å²) in [5, 5.41) is 5.63. The lowest BCUT2D eigenvalue weighted by Gasteiger charge is -2.17. The molecule has 2 rings (SSSR count). The maximum Gasteiger partial charge on any atom is 0.242 e. The first-order valence-corrected chi connectivity index (χ1v) is 7.78. The van der Waals surface area contributed by atoms with Gasteiger partial charge >= 0.3 is 0 Å². The maximum absolute atomic E-state index is 12.3. The highest BCUT2D eigenvalue weighted by Gasteiger charge is 2.19. The van der Waals surface area contributed by atoms with Gasteiger partial charge in [-0.2, -0.15) is 0 Å². The first-order valence-electron chi connectivity index (χ1n) is 7.78. The predicted octanol–water partition coefficient (Wildman–Crippen LogP) is 2.09. The molecule has 4 nitrogen and oxygen atoms in total. The molecular formula is C19H22N2O2. The van der Waals surface area contributed by atoms with Crippen molar-refractivity contribution in [1.82, 2.24) is 10.6 Å². The van der Waals surface area contributed by atoms with E-state index in [1.165, 1.54) is 12.5 Å². The lowest BCUT2D eigenvalue weighted by atomic mass is 10.0. The summed E-state index contributed by atoms with van der Waals surface area (Å²) in [4.78, 5) is 23.7. The van der Waals surface area contributed by atoms with Gasteiger partial charge in [0.1, 0.15) is 6.04 Å². The quantitative estimate of drug-likeness (QED) is 0.823. The van der Waals surface area contributed by atoms with Gasteiger partial charge in [0, 0.05) is 19.9 Å². The summed E-state index contributed by atoms with van der Waals surface area (Å²) in [5.74, 6) is -0.357. The largest absolute Gasteiger partial charge is 0.354 e. The fourth-order valence-electron chi connectivity index (χ4n) is 2.40. The van der Waals surface area contributed by atoms with Gasteiger partial charge in [0.25, 0.3) is 0 Å². The molecule has 0 unspecified atom stereocenters. The molecule has 4 heteroatoms. The Balaban J connectivity index is 1.89. The van der Waals surface area contributed by atoms with Gasteiger partial charge in [0.2, 0.25) is 11.8 Å². The molecule has 0 aromatic heterocycles. The molecule has 2 amide bonds. The van der Waals surface area contributed by atoms with Crippen molar-refractivity contribution in [2.75, 3.05) is 6.54 Å². The molecule has 0 spiro atoms. The van der Waals surface area contributed by atoms with Crippen LogP contribution in [0.2, 0.25) is 0 Å². The van der Waals surface area contributed by atoms with Crippen molar-refractivity contribution in [3.63, 3.8) is 0 Å². The number of carbonyl (C=O) groups excluding carboxylic acids is 2. The highest BCUT2D eigenvalue weighted by atomic mass is 16.2. The molecule has 0 aliphatic carbocycles. The lowest BCUT2D eigenvalue weighted by Crippen LogP contribution is -2.47. The minimum atomic E-state index is -0.550. The van der Waals surface area contributed by atoms with E-state index < -0.39 is 6.04 Å². The second kappa shape index (κ2) is 8.73. The Morgan fingerprint density at radius 2 is 1.48 bits per heavy atom. The number of hydrogen-bond donors (Lipinski definition) is 2. The number of rotatable bonds is 7. The van der Waals surface area contributed by atoms with Crippen LogP contribution in [-0.4, -0.2) is 24.4 Å². The average molecular weight is 310 g/mol. The van der Waals surface area contributed by atoms with Crippen LogP contribution in [-0.2, 0) is 22.4 Å². The highest BCUT2D eigenvalue weighted by molar-refractivity contribution is 5.87. The number of hydrogen-bond acceptors (Lipinski definition) is 2. The summed E-state index contributed by atoms with van der Waals surface area (Å²) in [5.41, 5.74) is 2.19. The Bertz CT molecular complexity index is 626. The van der Waals surface area contributed by atoms with E-state index in [-0.39, 0.29) is 11.8 Å². The molecule has 0 aliphatic heterocycles. The molecule has 0 bridgehead atoms. The molecule has 120 valence electrons. The predicted molar refractivity (Wildman–Crippen MR) is 90.9 cm³/mol. The SMILES string of the molecule is CC(=O)N[C@H](Cc1ccccc1)C(=O)NCCc1ccccc1. The molecule has 1 atom stereocenters. The van der Waals surface area contributed by atoms with Crippen LogP contribution in [0.3, 0.4) is 0 Å². The third-order valence-electron chi connectivity index (χ3n) is 3.53. The van der Waals surface area contributed by atoms with E-state index in [0.29, 0.717) is 13.0 Å². The Labute approximate surface area is 136 Å². The van der Waals surface area contributed by atoms with E-state index in [1.54, 1.807) is 0 Å². The van der Waals surface area contributed by atoms with Gasteiger partial charge in [-0.05, 0) is 17.5 Å². The normalized spacial score (nSPS) is 11.5. The second-order valence-corrected chi connectivity index (χ2v) is 5.47. The van der Waals surface area contributed by atoms with E-state index in [1.807, 2.05) is 60.7 Å². The Hall–Kier alpha value is -2.62. The number of nitrogens with one attached hydrogen (secondary N) is 2. The average Bonchev–Trinajstić information content (AvgIpc) is 2.56. The number of benzene rings is 2. The smallest absolute Gasteiger partial charge is 0.242 e. The van der Waals surface area contributed by atoms with Crippen LogP contribution < -0.4 is 10.6 Å². The zero-order valence-corrected chi connectivity index (χ0v) is 13.3. The van der Waals surface area contributed by atoms with Crippen LogP contribution in [0.4, 0.5) is 0 Å². The van der Waals surface area contributed by atoms with Crippen molar-refractivity contribution in [1.29, 1.82) is 0 Å². The van der Waals surface area contributed by atoms with E-state index in [9.17, 15) is 9.59 Å². The molecule has 0 saturated heterocycles. The van der Waals surface area contributed by atoms with Crippen molar-refractivity contribution >= 4 is 11.8 Å². The summed E-state index contributed by atoms with van der Waals surface area (Å²) < 4.78 is 0. The topological polar surface area (TPSA) is 58.2 Å². The minimum absolute atomic E-state index is 0.153. The van der Waals surface area contributed by atoms with Gasteiger partial charge in [-0.25, -0.2) is 0 Å². The second-order valence-electron chi connectivity index (χ2n) is 5.47. The number of amides is 2. The van der Waals surface area contributed by atoms with E-state index >= 15 is 0 Å². The van der Waals surface area contributed by atoms with Gasteiger partial charge in [-0.15, -0.1) is 0 Å². The van der Waals surface area contributed by atoms with Crippen molar-refractivity contribution < 1.29 is 9.59 Å². The van der Waals surface area contributed by atoms with E-state index in [2.05, 4.69) is 10.6 Å². The van der Waals surface area contributed by atoms with Gasteiger partial charge in [-0.3, -0.25) is 9.59 Å². The molecule has 0 fully saturated rings. The van der Waals surface area contributed by atoms with Gasteiger partial charge in [0.05, 0.1) is 0 Å².